The molecule has 0 aliphatic carbocycles. The molecule has 2 aromatic carbocycles. The van der Waals surface area contributed by atoms with Crippen LogP contribution in [0.25, 0.3) is 11.0 Å². The van der Waals surface area contributed by atoms with Gasteiger partial charge in [-0.3, -0.25) is 0 Å². The monoisotopic (exact) mass is 296 g/mol. The third-order valence-electron chi connectivity index (χ3n) is 3.87. The lowest BCUT2D eigenvalue weighted by Gasteiger charge is -2.12. The molecule has 3 aromatic rings. The van der Waals surface area contributed by atoms with Gasteiger partial charge < -0.3 is 14.5 Å². The van der Waals surface area contributed by atoms with Crippen LogP contribution in [0.4, 0.5) is 0 Å². The normalized spacial score (nSPS) is 12.4. The van der Waals surface area contributed by atoms with E-state index in [-0.39, 0.29) is 6.10 Å². The van der Waals surface area contributed by atoms with E-state index in [4.69, 9.17) is 9.47 Å². The van der Waals surface area contributed by atoms with Crippen molar-refractivity contribution >= 4 is 11.0 Å². The topological polar surface area (TPSA) is 47.1 Å². The smallest absolute Gasteiger partial charge is 0.153 e. The summed E-state index contributed by atoms with van der Waals surface area (Å²) in [6.07, 6.45) is -0.151. The zero-order valence-corrected chi connectivity index (χ0v) is 13.3. The van der Waals surface area contributed by atoms with Crippen LogP contribution < -0.4 is 9.47 Å². The first-order chi connectivity index (χ1) is 10.6. The molecule has 0 saturated carbocycles. The number of hydrogen-bond acceptors (Lipinski definition) is 3. The van der Waals surface area contributed by atoms with E-state index in [9.17, 15) is 0 Å². The van der Waals surface area contributed by atoms with E-state index in [1.54, 1.807) is 7.11 Å². The van der Waals surface area contributed by atoms with Crippen LogP contribution in [0, 0.1) is 13.8 Å². The molecule has 1 atom stereocenters. The van der Waals surface area contributed by atoms with Crippen molar-refractivity contribution in [2.24, 2.45) is 0 Å². The molecule has 4 heteroatoms. The number of aryl methyl sites for hydroxylation is 2. The number of fused-ring (bicyclic) bond motifs is 1. The van der Waals surface area contributed by atoms with Crippen molar-refractivity contribution in [1.29, 1.82) is 0 Å². The Morgan fingerprint density at radius 1 is 1.00 bits per heavy atom. The Balaban J connectivity index is 1.83. The molecule has 1 heterocycles. The van der Waals surface area contributed by atoms with Gasteiger partial charge in [0.05, 0.1) is 18.1 Å². The van der Waals surface area contributed by atoms with Crippen molar-refractivity contribution < 1.29 is 9.47 Å². The number of benzene rings is 2. The summed E-state index contributed by atoms with van der Waals surface area (Å²) in [5.41, 5.74) is 4.52. The standard InChI is InChI=1S/C18H20N2O2/c1-11-9-16-17(10-12(11)2)20-18(19-16)13(3)22-15-7-5-14(21-4)6-8-15/h5-10,13H,1-4H3,(H,19,20)/t13-/m0/s1. The molecular formula is C18H20N2O2. The molecule has 0 aliphatic rings. The minimum Gasteiger partial charge on any atom is -0.497 e. The largest absolute Gasteiger partial charge is 0.497 e. The van der Waals surface area contributed by atoms with Crippen molar-refractivity contribution in [3.8, 4) is 11.5 Å². The van der Waals surface area contributed by atoms with Crippen molar-refractivity contribution in [2.45, 2.75) is 26.9 Å². The molecule has 0 radical (unpaired) electrons. The number of hydrogen-bond donors (Lipinski definition) is 1. The quantitative estimate of drug-likeness (QED) is 0.779. The third-order valence-corrected chi connectivity index (χ3v) is 3.87. The van der Waals surface area contributed by atoms with Gasteiger partial charge in [0.15, 0.2) is 6.10 Å². The van der Waals surface area contributed by atoms with E-state index in [1.165, 1.54) is 11.1 Å². The lowest BCUT2D eigenvalue weighted by molar-refractivity contribution is 0.217. The number of aromatic nitrogens is 2. The summed E-state index contributed by atoms with van der Waals surface area (Å²) in [6, 6.07) is 11.8. The van der Waals surface area contributed by atoms with E-state index in [0.717, 1.165) is 28.4 Å². The van der Waals surface area contributed by atoms with Crippen LogP contribution in [0.5, 0.6) is 11.5 Å². The van der Waals surface area contributed by atoms with Gasteiger partial charge in [-0.1, -0.05) is 0 Å². The van der Waals surface area contributed by atoms with Gasteiger partial charge in [-0.25, -0.2) is 4.98 Å². The fourth-order valence-corrected chi connectivity index (χ4v) is 2.40. The van der Waals surface area contributed by atoms with E-state index in [1.807, 2.05) is 31.2 Å². The highest BCUT2D eigenvalue weighted by Gasteiger charge is 2.13. The SMILES string of the molecule is COc1ccc(O[C@@H](C)c2nc3cc(C)c(C)cc3[nH]2)cc1. The molecule has 0 amide bonds. The minimum atomic E-state index is -0.151. The highest BCUT2D eigenvalue weighted by Crippen LogP contribution is 2.25. The molecule has 0 aliphatic heterocycles. The van der Waals surface area contributed by atoms with Crippen molar-refractivity contribution in [3.05, 3.63) is 53.3 Å². The summed E-state index contributed by atoms with van der Waals surface area (Å²) < 4.78 is 11.1. The predicted molar refractivity (Wildman–Crippen MR) is 87.6 cm³/mol. The fraction of sp³-hybridized carbons (Fsp3) is 0.278. The first-order valence-corrected chi connectivity index (χ1v) is 7.34. The summed E-state index contributed by atoms with van der Waals surface area (Å²) in [6.45, 7) is 6.19. The maximum absolute atomic E-state index is 5.94. The highest BCUT2D eigenvalue weighted by atomic mass is 16.5. The van der Waals surface area contributed by atoms with Gasteiger partial charge in [-0.2, -0.15) is 0 Å². The highest BCUT2D eigenvalue weighted by molar-refractivity contribution is 5.77. The molecule has 0 bridgehead atoms. The predicted octanol–water partition coefficient (Wildman–Crippen LogP) is 4.33. The average Bonchev–Trinajstić information content (AvgIpc) is 2.91. The number of nitrogens with zero attached hydrogens (tertiary/aromatic N) is 1. The molecule has 114 valence electrons. The first kappa shape index (κ1) is 14.4. The molecule has 0 spiro atoms. The van der Waals surface area contributed by atoms with Crippen molar-refractivity contribution in [1.82, 2.24) is 9.97 Å². The number of methoxy groups -OCH3 is 1. The number of H-pyrrole nitrogens is 1. The third kappa shape index (κ3) is 2.77. The summed E-state index contributed by atoms with van der Waals surface area (Å²) in [5.74, 6) is 2.44. The molecule has 0 saturated heterocycles. The number of aromatic amines is 1. The molecule has 0 fully saturated rings. The average molecular weight is 296 g/mol. The van der Waals surface area contributed by atoms with Gasteiger partial charge in [0, 0.05) is 0 Å². The lowest BCUT2D eigenvalue weighted by atomic mass is 10.1. The number of nitrogens with one attached hydrogen (secondary N) is 1. The zero-order valence-electron chi connectivity index (χ0n) is 13.3. The van der Waals surface area contributed by atoms with E-state index < -0.39 is 0 Å². The van der Waals surface area contributed by atoms with Gasteiger partial charge in [0.25, 0.3) is 0 Å². The fourth-order valence-electron chi connectivity index (χ4n) is 2.40. The van der Waals surface area contributed by atoms with Gasteiger partial charge >= 0.3 is 0 Å². The lowest BCUT2D eigenvalue weighted by Crippen LogP contribution is -2.04. The first-order valence-electron chi connectivity index (χ1n) is 7.34. The molecular weight excluding hydrogens is 276 g/mol. The van der Waals surface area contributed by atoms with Gasteiger partial charge in [-0.15, -0.1) is 0 Å². The number of ether oxygens (including phenoxy) is 2. The second-order valence-corrected chi connectivity index (χ2v) is 5.51. The second kappa shape index (κ2) is 5.72. The summed E-state index contributed by atoms with van der Waals surface area (Å²) in [4.78, 5) is 7.98. The maximum Gasteiger partial charge on any atom is 0.153 e. The Bertz CT molecular complexity index is 752. The molecule has 1 aromatic heterocycles. The maximum atomic E-state index is 5.94. The molecule has 1 N–H and O–H groups in total. The molecule has 4 nitrogen and oxygen atoms in total. The Morgan fingerprint density at radius 3 is 2.32 bits per heavy atom. The Hall–Kier alpha value is -2.49. The zero-order chi connectivity index (χ0) is 15.7. The minimum absolute atomic E-state index is 0.151. The summed E-state index contributed by atoms with van der Waals surface area (Å²) in [5, 5.41) is 0. The molecule has 3 rings (SSSR count). The van der Waals surface area contributed by atoms with Crippen molar-refractivity contribution in [3.63, 3.8) is 0 Å². The number of imidazole rings is 1. The van der Waals surface area contributed by atoms with Crippen LogP contribution in [-0.2, 0) is 0 Å². The van der Waals surface area contributed by atoms with E-state index >= 15 is 0 Å². The van der Waals surface area contributed by atoms with Gasteiger partial charge in [0.1, 0.15) is 17.3 Å². The van der Waals surface area contributed by atoms with Crippen LogP contribution in [0.1, 0.15) is 30.0 Å². The summed E-state index contributed by atoms with van der Waals surface area (Å²) >= 11 is 0. The van der Waals surface area contributed by atoms with Crippen LogP contribution in [0.3, 0.4) is 0 Å². The van der Waals surface area contributed by atoms with Crippen LogP contribution in [0.15, 0.2) is 36.4 Å². The number of rotatable bonds is 4. The van der Waals surface area contributed by atoms with Crippen LogP contribution in [0.2, 0.25) is 0 Å². The van der Waals surface area contributed by atoms with E-state index in [2.05, 4.69) is 35.9 Å². The molecule has 22 heavy (non-hydrogen) atoms. The van der Waals surface area contributed by atoms with Crippen molar-refractivity contribution in [2.75, 3.05) is 7.11 Å². The van der Waals surface area contributed by atoms with Crippen LogP contribution in [-0.4, -0.2) is 17.1 Å². The van der Waals surface area contributed by atoms with Crippen LogP contribution >= 0.6 is 0 Å². The summed E-state index contributed by atoms with van der Waals surface area (Å²) in [7, 11) is 1.65. The Labute approximate surface area is 130 Å². The Morgan fingerprint density at radius 2 is 1.64 bits per heavy atom. The van der Waals surface area contributed by atoms with Gasteiger partial charge in [-0.05, 0) is 68.3 Å². The Kier molecular flexibility index (Phi) is 3.75. The van der Waals surface area contributed by atoms with E-state index in [0.29, 0.717) is 0 Å². The molecule has 0 unspecified atom stereocenters. The van der Waals surface area contributed by atoms with Gasteiger partial charge in [0.2, 0.25) is 0 Å². The second-order valence-electron chi connectivity index (χ2n) is 5.51.